The van der Waals surface area contributed by atoms with Crippen molar-refractivity contribution in [2.75, 3.05) is 26.2 Å². The summed E-state index contributed by atoms with van der Waals surface area (Å²) in [4.78, 5) is 13.2. The molecule has 0 bridgehead atoms. The molecular formula is C12H16F3N3O3. The Kier molecular flexibility index (Phi) is 4.81. The van der Waals surface area contributed by atoms with Gasteiger partial charge in [-0.05, 0) is 32.9 Å². The summed E-state index contributed by atoms with van der Waals surface area (Å²) in [5.74, 6) is -1.80. The first-order valence-corrected chi connectivity index (χ1v) is 6.68. The van der Waals surface area contributed by atoms with Crippen LogP contribution in [0.3, 0.4) is 0 Å². The normalized spacial score (nSPS) is 17.9. The lowest BCUT2D eigenvalue weighted by Crippen LogP contribution is -2.37. The average Bonchev–Trinajstić information content (AvgIpc) is 2.89. The first-order valence-electron chi connectivity index (χ1n) is 6.68. The highest BCUT2D eigenvalue weighted by Gasteiger charge is 2.39. The highest BCUT2D eigenvalue weighted by Crippen LogP contribution is 2.32. The number of likely N-dealkylation sites (tertiary alicyclic amines) is 1. The maximum absolute atomic E-state index is 12.4. The first kappa shape index (κ1) is 15.7. The molecule has 0 aliphatic carbocycles. The molecule has 0 N–H and O–H groups in total. The van der Waals surface area contributed by atoms with Gasteiger partial charge in [0.25, 0.3) is 0 Å². The van der Waals surface area contributed by atoms with Crippen LogP contribution in [0.4, 0.5) is 13.2 Å². The minimum absolute atomic E-state index is 0.0121. The Morgan fingerprint density at radius 1 is 1.38 bits per heavy atom. The molecule has 0 amide bonds. The van der Waals surface area contributed by atoms with Crippen LogP contribution in [-0.2, 0) is 15.7 Å². The summed E-state index contributed by atoms with van der Waals surface area (Å²) < 4.78 is 46.7. The molecule has 21 heavy (non-hydrogen) atoms. The standard InChI is InChI=1S/C12H16F3N3O3/c1-2-20-9(19)7-18-5-3-8(4-6-18)10-16-17-11(21-10)12(13,14)15/h8H,2-7H2,1H3. The van der Waals surface area contributed by atoms with Gasteiger partial charge in [0.15, 0.2) is 0 Å². The fourth-order valence-electron chi connectivity index (χ4n) is 2.24. The Morgan fingerprint density at radius 3 is 2.57 bits per heavy atom. The van der Waals surface area contributed by atoms with Crippen LogP contribution >= 0.6 is 0 Å². The number of nitrogens with zero attached hydrogens (tertiary/aromatic N) is 3. The summed E-state index contributed by atoms with van der Waals surface area (Å²) in [6.45, 7) is 3.41. The largest absolute Gasteiger partial charge is 0.470 e. The van der Waals surface area contributed by atoms with Gasteiger partial charge >= 0.3 is 18.0 Å². The Balaban J connectivity index is 1.86. The molecule has 0 atom stereocenters. The van der Waals surface area contributed by atoms with E-state index < -0.39 is 12.1 Å². The lowest BCUT2D eigenvalue weighted by atomic mass is 9.97. The SMILES string of the molecule is CCOC(=O)CN1CCC(c2nnc(C(F)(F)F)o2)CC1. The minimum atomic E-state index is -4.62. The summed E-state index contributed by atoms with van der Waals surface area (Å²) >= 11 is 0. The lowest BCUT2D eigenvalue weighted by molar-refractivity contribution is -0.157. The van der Waals surface area contributed by atoms with Crippen molar-refractivity contribution in [3.05, 3.63) is 11.8 Å². The van der Waals surface area contributed by atoms with Gasteiger partial charge in [-0.1, -0.05) is 0 Å². The molecular weight excluding hydrogens is 291 g/mol. The highest BCUT2D eigenvalue weighted by atomic mass is 19.4. The average molecular weight is 307 g/mol. The van der Waals surface area contributed by atoms with Crippen molar-refractivity contribution < 1.29 is 27.1 Å². The molecule has 1 aliphatic heterocycles. The van der Waals surface area contributed by atoms with Crippen molar-refractivity contribution in [1.82, 2.24) is 15.1 Å². The molecule has 2 heterocycles. The Bertz CT molecular complexity index is 482. The molecule has 6 nitrogen and oxygen atoms in total. The maximum Gasteiger partial charge on any atom is 0.470 e. The first-order chi connectivity index (χ1) is 9.90. The van der Waals surface area contributed by atoms with Crippen LogP contribution in [0.15, 0.2) is 4.42 Å². The molecule has 1 aromatic rings. The zero-order chi connectivity index (χ0) is 15.5. The number of esters is 1. The quantitative estimate of drug-likeness (QED) is 0.791. The van der Waals surface area contributed by atoms with E-state index in [1.54, 1.807) is 6.92 Å². The van der Waals surface area contributed by atoms with Crippen LogP contribution in [-0.4, -0.2) is 47.3 Å². The number of aromatic nitrogens is 2. The number of hydrogen-bond acceptors (Lipinski definition) is 6. The number of rotatable bonds is 4. The molecule has 9 heteroatoms. The summed E-state index contributed by atoms with van der Waals surface area (Å²) in [5, 5.41) is 6.50. The van der Waals surface area contributed by atoms with E-state index in [-0.39, 0.29) is 24.3 Å². The number of alkyl halides is 3. The smallest absolute Gasteiger partial charge is 0.465 e. The summed E-state index contributed by atoms with van der Waals surface area (Å²) in [6, 6.07) is 0. The predicted octanol–water partition coefficient (Wildman–Crippen LogP) is 1.83. The molecule has 1 saturated heterocycles. The van der Waals surface area contributed by atoms with Gasteiger partial charge in [0.05, 0.1) is 13.2 Å². The van der Waals surface area contributed by atoms with E-state index in [1.807, 2.05) is 4.90 Å². The number of ether oxygens (including phenoxy) is 1. The van der Waals surface area contributed by atoms with Crippen LogP contribution in [0.25, 0.3) is 0 Å². The number of hydrogen-bond donors (Lipinski definition) is 0. The summed E-state index contributed by atoms with van der Waals surface area (Å²) in [6.07, 6.45) is -3.48. The zero-order valence-corrected chi connectivity index (χ0v) is 11.5. The van der Waals surface area contributed by atoms with E-state index >= 15 is 0 Å². The van der Waals surface area contributed by atoms with Crippen molar-refractivity contribution in [1.29, 1.82) is 0 Å². The van der Waals surface area contributed by atoms with E-state index in [0.29, 0.717) is 32.5 Å². The van der Waals surface area contributed by atoms with Gasteiger partial charge in [-0.2, -0.15) is 13.2 Å². The van der Waals surface area contributed by atoms with Crippen molar-refractivity contribution in [3.63, 3.8) is 0 Å². The second kappa shape index (κ2) is 6.42. The predicted molar refractivity (Wildman–Crippen MR) is 64.3 cm³/mol. The third kappa shape index (κ3) is 4.16. The zero-order valence-electron chi connectivity index (χ0n) is 11.5. The molecule has 0 saturated carbocycles. The number of piperidine rings is 1. The number of carbonyl (C=O) groups is 1. The molecule has 2 rings (SSSR count). The molecule has 0 unspecified atom stereocenters. The fourth-order valence-corrected chi connectivity index (χ4v) is 2.24. The Morgan fingerprint density at radius 2 is 2.05 bits per heavy atom. The summed E-state index contributed by atoms with van der Waals surface area (Å²) in [7, 11) is 0. The van der Waals surface area contributed by atoms with Crippen molar-refractivity contribution in [2.45, 2.75) is 31.9 Å². The number of carbonyl (C=O) groups excluding carboxylic acids is 1. The maximum atomic E-state index is 12.4. The van der Waals surface area contributed by atoms with E-state index in [0.717, 1.165) is 0 Å². The second-order valence-electron chi connectivity index (χ2n) is 4.80. The molecule has 1 aliphatic rings. The fraction of sp³-hybridized carbons (Fsp3) is 0.750. The molecule has 0 spiro atoms. The van der Waals surface area contributed by atoms with Crippen LogP contribution < -0.4 is 0 Å². The van der Waals surface area contributed by atoms with Gasteiger partial charge in [0.1, 0.15) is 0 Å². The minimum Gasteiger partial charge on any atom is -0.465 e. The van der Waals surface area contributed by atoms with Gasteiger partial charge in [-0.3, -0.25) is 9.69 Å². The number of halogens is 3. The monoisotopic (exact) mass is 307 g/mol. The summed E-state index contributed by atoms with van der Waals surface area (Å²) in [5.41, 5.74) is 0. The molecule has 1 aromatic heterocycles. The Hall–Kier alpha value is -1.64. The van der Waals surface area contributed by atoms with Gasteiger partial charge in [0, 0.05) is 5.92 Å². The van der Waals surface area contributed by atoms with E-state index in [9.17, 15) is 18.0 Å². The molecule has 118 valence electrons. The van der Waals surface area contributed by atoms with E-state index in [2.05, 4.69) is 14.6 Å². The molecule has 0 radical (unpaired) electrons. The van der Waals surface area contributed by atoms with E-state index in [1.165, 1.54) is 0 Å². The third-order valence-corrected chi connectivity index (χ3v) is 3.28. The van der Waals surface area contributed by atoms with Gasteiger partial charge < -0.3 is 9.15 Å². The van der Waals surface area contributed by atoms with Gasteiger partial charge in [0.2, 0.25) is 5.89 Å². The van der Waals surface area contributed by atoms with Crippen LogP contribution in [0, 0.1) is 0 Å². The third-order valence-electron chi connectivity index (χ3n) is 3.28. The van der Waals surface area contributed by atoms with Crippen molar-refractivity contribution >= 4 is 5.97 Å². The van der Waals surface area contributed by atoms with Crippen LogP contribution in [0.2, 0.25) is 0 Å². The molecule has 1 fully saturated rings. The molecule has 0 aromatic carbocycles. The van der Waals surface area contributed by atoms with Gasteiger partial charge in [-0.25, -0.2) is 0 Å². The lowest BCUT2D eigenvalue weighted by Gasteiger charge is -2.29. The van der Waals surface area contributed by atoms with E-state index in [4.69, 9.17) is 4.74 Å². The van der Waals surface area contributed by atoms with Gasteiger partial charge in [-0.15, -0.1) is 10.2 Å². The highest BCUT2D eigenvalue weighted by molar-refractivity contribution is 5.71. The topological polar surface area (TPSA) is 68.5 Å². The van der Waals surface area contributed by atoms with Crippen molar-refractivity contribution in [2.24, 2.45) is 0 Å². The van der Waals surface area contributed by atoms with Crippen molar-refractivity contribution in [3.8, 4) is 0 Å². The second-order valence-corrected chi connectivity index (χ2v) is 4.80. The van der Waals surface area contributed by atoms with Crippen LogP contribution in [0.5, 0.6) is 0 Å². The van der Waals surface area contributed by atoms with Crippen LogP contribution in [0.1, 0.15) is 37.5 Å². The Labute approximate surface area is 119 Å².